The van der Waals surface area contributed by atoms with Crippen molar-refractivity contribution in [2.45, 2.75) is 183 Å². The van der Waals surface area contributed by atoms with Gasteiger partial charge >= 0.3 is 0 Å². The Kier molecular flexibility index (Phi) is 18.1. The molecular formula is C62H76N6S8Si. The normalized spacial score (nSPS) is 16.2. The molecule has 0 radical (unpaired) electrons. The summed E-state index contributed by atoms with van der Waals surface area (Å²) in [4.78, 5) is 21.8. The lowest BCUT2D eigenvalue weighted by atomic mass is 9.95. The number of hydrogen-bond donors (Lipinski definition) is 0. The summed E-state index contributed by atoms with van der Waals surface area (Å²) in [5.74, 6) is 2.91. The minimum absolute atomic E-state index is 0.686. The van der Waals surface area contributed by atoms with Crippen molar-refractivity contribution in [1.82, 2.24) is 27.5 Å². The van der Waals surface area contributed by atoms with Crippen LogP contribution in [0.1, 0.15) is 168 Å². The van der Waals surface area contributed by atoms with Crippen LogP contribution in [-0.2, 0) is 12.8 Å². The molecule has 1 aliphatic rings. The number of pyridine rings is 2. The number of rotatable bonds is 28. The maximum absolute atomic E-state index is 5.40. The summed E-state index contributed by atoms with van der Waals surface area (Å²) in [5, 5.41) is 3.31. The number of aromatic nitrogens is 6. The average molecular weight is 1190 g/mol. The molecule has 0 saturated heterocycles. The Hall–Kier alpha value is -3.12. The fraction of sp³-hybridized carbons (Fsp3) is 0.516. The molecule has 77 heavy (non-hydrogen) atoms. The number of nitrogens with zero attached hydrogens (tertiary/aromatic N) is 6. The van der Waals surface area contributed by atoms with Gasteiger partial charge in [0.1, 0.15) is 41.5 Å². The zero-order valence-corrected chi connectivity index (χ0v) is 54.1. The molecule has 15 heteroatoms. The summed E-state index contributed by atoms with van der Waals surface area (Å²) >= 11 is 14.3. The monoisotopic (exact) mass is 1190 g/mol. The second kappa shape index (κ2) is 24.9. The van der Waals surface area contributed by atoms with E-state index in [9.17, 15) is 0 Å². The zero-order chi connectivity index (χ0) is 53.2. The van der Waals surface area contributed by atoms with Gasteiger partial charge in [0.25, 0.3) is 0 Å². The lowest BCUT2D eigenvalue weighted by molar-refractivity contribution is 0.452. The highest BCUT2D eigenvalue weighted by Gasteiger charge is 2.50. The van der Waals surface area contributed by atoms with E-state index < -0.39 is 8.07 Å². The van der Waals surface area contributed by atoms with Gasteiger partial charge in [-0.2, -0.15) is 17.5 Å². The average Bonchev–Trinajstić information content (AvgIpc) is 4.37. The van der Waals surface area contributed by atoms with Crippen molar-refractivity contribution in [3.8, 4) is 51.8 Å². The van der Waals surface area contributed by atoms with E-state index in [-0.39, 0.29) is 0 Å². The first-order valence-electron chi connectivity index (χ1n) is 29.3. The zero-order valence-electron chi connectivity index (χ0n) is 46.5. The summed E-state index contributed by atoms with van der Waals surface area (Å²) in [6.45, 7) is 19.0. The van der Waals surface area contributed by atoms with Crippen molar-refractivity contribution in [2.75, 3.05) is 0 Å². The molecule has 0 bridgehead atoms. The second-order valence-corrected chi connectivity index (χ2v) is 34.1. The molecule has 1 aliphatic heterocycles. The first kappa shape index (κ1) is 55.8. The first-order valence-corrected chi connectivity index (χ1v) is 38.1. The van der Waals surface area contributed by atoms with E-state index in [1.165, 1.54) is 209 Å². The molecule has 10 aromatic rings. The molecule has 0 amide bonds. The fourth-order valence-corrected chi connectivity index (χ4v) is 29.2. The molecule has 11 rings (SSSR count). The van der Waals surface area contributed by atoms with Gasteiger partial charge < -0.3 is 0 Å². The van der Waals surface area contributed by atoms with Gasteiger partial charge in [0.15, 0.2) is 0 Å². The molecule has 406 valence electrons. The molecule has 0 aromatic carbocycles. The molecule has 4 unspecified atom stereocenters. The van der Waals surface area contributed by atoms with Crippen LogP contribution in [0.15, 0.2) is 48.8 Å². The summed E-state index contributed by atoms with van der Waals surface area (Å²) in [5.41, 5.74) is 8.04. The molecular weight excluding hydrogens is 1110 g/mol. The number of fused-ring (bicyclic) bond motifs is 7. The third-order valence-corrected chi connectivity index (χ3v) is 31.2. The molecule has 0 spiro atoms. The second-order valence-electron chi connectivity index (χ2n) is 22.3. The number of unbranched alkanes of at least 4 members (excludes halogenated alkanes) is 4. The van der Waals surface area contributed by atoms with Crippen molar-refractivity contribution >= 4 is 151 Å². The smallest absolute Gasteiger partial charge is 0.132 e. The molecule has 4 atom stereocenters. The van der Waals surface area contributed by atoms with Crippen LogP contribution in [0.5, 0.6) is 0 Å². The maximum atomic E-state index is 5.40. The molecule has 0 fully saturated rings. The van der Waals surface area contributed by atoms with E-state index in [0.717, 1.165) is 56.4 Å². The fourth-order valence-electron chi connectivity index (χ4n) is 12.6. The number of thiophene rings is 6. The Morgan fingerprint density at radius 2 is 0.779 bits per heavy atom. The van der Waals surface area contributed by atoms with Crippen LogP contribution >= 0.6 is 91.5 Å². The van der Waals surface area contributed by atoms with Gasteiger partial charge in [-0.1, -0.05) is 158 Å². The Morgan fingerprint density at radius 1 is 0.403 bits per heavy atom. The highest BCUT2D eigenvalue weighted by Crippen LogP contribution is 2.51. The van der Waals surface area contributed by atoms with Crippen LogP contribution in [0.2, 0.25) is 12.1 Å². The quantitative estimate of drug-likeness (QED) is 0.0455. The third kappa shape index (κ3) is 11.2. The van der Waals surface area contributed by atoms with Gasteiger partial charge in [0.05, 0.1) is 33.2 Å². The van der Waals surface area contributed by atoms with Crippen LogP contribution in [-0.4, -0.2) is 35.5 Å². The summed E-state index contributed by atoms with van der Waals surface area (Å²) in [7, 11) is -2.36. The lowest BCUT2D eigenvalue weighted by Gasteiger charge is -2.35. The molecule has 6 nitrogen and oxygen atoms in total. The number of hydrogen-bond acceptors (Lipinski definition) is 14. The van der Waals surface area contributed by atoms with Crippen LogP contribution in [0.4, 0.5) is 0 Å². The Balaban J connectivity index is 0.979. The Bertz CT molecular complexity index is 3280. The van der Waals surface area contributed by atoms with Crippen LogP contribution < -0.4 is 10.4 Å². The van der Waals surface area contributed by atoms with E-state index in [1.807, 2.05) is 68.0 Å². The van der Waals surface area contributed by atoms with E-state index in [4.69, 9.17) is 27.5 Å². The van der Waals surface area contributed by atoms with E-state index in [2.05, 4.69) is 104 Å². The highest BCUT2D eigenvalue weighted by molar-refractivity contribution is 7.32. The highest BCUT2D eigenvalue weighted by atomic mass is 32.1. The maximum Gasteiger partial charge on any atom is 0.132 e. The summed E-state index contributed by atoms with van der Waals surface area (Å²) in [6, 6.07) is 17.6. The van der Waals surface area contributed by atoms with Crippen LogP contribution in [0, 0.1) is 23.7 Å². The SMILES string of the molecule is CCCCC(CC)Cc1cc2sc(-c3cnc(-c4cc5c(s4)-c4sc(-c6ncc(-c7cc8sc(CC(CC)CCCC)cc8s7)c7nsnc67)cc4[Si]5(CC(CC)CCCC)CC(CC)CCCC)c4nsnc34)cc2s1. The summed E-state index contributed by atoms with van der Waals surface area (Å²) < 4.78 is 25.7. The molecule has 11 heterocycles. The van der Waals surface area contributed by atoms with Crippen molar-refractivity contribution < 1.29 is 0 Å². The van der Waals surface area contributed by atoms with Gasteiger partial charge in [-0.25, -0.2) is 0 Å². The van der Waals surface area contributed by atoms with Crippen molar-refractivity contribution in [3.05, 3.63) is 58.5 Å². The minimum atomic E-state index is -2.36. The van der Waals surface area contributed by atoms with Crippen LogP contribution in [0.25, 0.3) is 92.6 Å². The van der Waals surface area contributed by atoms with Crippen molar-refractivity contribution in [3.63, 3.8) is 0 Å². The molecule has 10 aromatic heterocycles. The lowest BCUT2D eigenvalue weighted by Crippen LogP contribution is -2.56. The van der Waals surface area contributed by atoms with E-state index in [1.54, 1.807) is 10.4 Å². The Labute approximate surface area is 491 Å². The third-order valence-electron chi connectivity index (χ3n) is 17.2. The van der Waals surface area contributed by atoms with Crippen LogP contribution in [0.3, 0.4) is 0 Å². The largest absolute Gasteiger partial charge is 0.252 e. The molecule has 0 N–H and O–H groups in total. The standard InChI is InChI=1S/C62H76N6S8Si/c1-9-17-21-37(13-5)25-41-27-47-49(69-41)29-45(71-47)43-33-63-57(59-55(43)65-75-67-59)51-31-53-61(73-51)62-54(77(53,35-39(15-7)23-19-11-3)36-40(16-8)24-20-12-4)32-52(74-62)58-60-56(66-76-68-60)44(34-64-58)46-30-50-48(72-46)28-42(70-50)26-38(14-6)22-18-10-2/h27-34,37-40H,9-26,35-36H2,1-8H3. The molecule has 0 aliphatic carbocycles. The summed E-state index contributed by atoms with van der Waals surface area (Å²) in [6.07, 6.45) is 27.1. The minimum Gasteiger partial charge on any atom is -0.252 e. The predicted molar refractivity (Wildman–Crippen MR) is 349 cm³/mol. The van der Waals surface area contributed by atoms with Gasteiger partial charge in [0, 0.05) is 71.6 Å². The molecule has 0 saturated carbocycles. The predicted octanol–water partition coefficient (Wildman–Crippen LogP) is 21.3. The topological polar surface area (TPSA) is 77.3 Å². The van der Waals surface area contributed by atoms with E-state index in [0.29, 0.717) is 11.8 Å². The van der Waals surface area contributed by atoms with Gasteiger partial charge in [-0.3, -0.25) is 9.97 Å². The van der Waals surface area contributed by atoms with Gasteiger partial charge in [-0.15, -0.1) is 68.0 Å². The van der Waals surface area contributed by atoms with E-state index >= 15 is 0 Å². The van der Waals surface area contributed by atoms with Gasteiger partial charge in [-0.05, 0) is 95.4 Å². The van der Waals surface area contributed by atoms with Crippen molar-refractivity contribution in [2.24, 2.45) is 23.7 Å². The van der Waals surface area contributed by atoms with Gasteiger partial charge in [0.2, 0.25) is 0 Å². The Morgan fingerprint density at radius 3 is 1.16 bits per heavy atom. The van der Waals surface area contributed by atoms with Crippen molar-refractivity contribution in [1.29, 1.82) is 0 Å². The first-order chi connectivity index (χ1) is 37.7.